The predicted molar refractivity (Wildman–Crippen MR) is 75.1 cm³/mol. The molecule has 1 N–H and O–H groups in total. The van der Waals surface area contributed by atoms with Gasteiger partial charge in [-0.05, 0) is 32.4 Å². The minimum Gasteiger partial charge on any atom is -0.361 e. The van der Waals surface area contributed by atoms with E-state index in [1.165, 1.54) is 0 Å². The van der Waals surface area contributed by atoms with Crippen LogP contribution in [-0.4, -0.2) is 14.5 Å². The molecule has 0 atom stereocenters. The molecule has 2 aromatic rings. The van der Waals surface area contributed by atoms with Crippen molar-refractivity contribution in [2.75, 3.05) is 5.32 Å². The molecule has 0 aliphatic heterocycles. The minimum absolute atomic E-state index is 0.112. The molecule has 0 bridgehead atoms. The molecule has 100 valence electrons. The van der Waals surface area contributed by atoms with Gasteiger partial charge in [0.2, 0.25) is 0 Å². The molecule has 0 aliphatic carbocycles. The Labute approximate surface area is 112 Å². The molecule has 5 heteroatoms. The molecule has 0 spiro atoms. The Bertz CT molecular complexity index is 599. The van der Waals surface area contributed by atoms with E-state index in [0.717, 1.165) is 5.56 Å². The molecule has 0 saturated heterocycles. The van der Waals surface area contributed by atoms with E-state index >= 15 is 0 Å². The fraction of sp³-hybridized carbons (Fsp3) is 0.357. The van der Waals surface area contributed by atoms with Gasteiger partial charge >= 0.3 is 0 Å². The van der Waals surface area contributed by atoms with Crippen molar-refractivity contribution in [1.82, 2.24) is 14.5 Å². The monoisotopic (exact) mass is 258 g/mol. The molecule has 0 amide bonds. The molecule has 0 aliphatic rings. The second-order valence-electron chi connectivity index (χ2n) is 5.34. The highest BCUT2D eigenvalue weighted by atomic mass is 16.1. The minimum atomic E-state index is -0.259. The number of hydrogen-bond acceptors (Lipinski definition) is 4. The van der Waals surface area contributed by atoms with E-state index < -0.39 is 0 Å². The molecule has 0 saturated carbocycles. The maximum Gasteiger partial charge on any atom is 0.293 e. The van der Waals surface area contributed by atoms with Crippen molar-refractivity contribution in [3.05, 3.63) is 52.8 Å². The first kappa shape index (κ1) is 13.3. The van der Waals surface area contributed by atoms with Crippen molar-refractivity contribution in [2.24, 2.45) is 0 Å². The lowest BCUT2D eigenvalue weighted by Gasteiger charge is -2.22. The van der Waals surface area contributed by atoms with Gasteiger partial charge in [0.25, 0.3) is 5.56 Å². The Morgan fingerprint density at radius 2 is 2.11 bits per heavy atom. The van der Waals surface area contributed by atoms with Crippen LogP contribution in [0.25, 0.3) is 0 Å². The van der Waals surface area contributed by atoms with Gasteiger partial charge in [0.1, 0.15) is 0 Å². The Hall–Kier alpha value is -2.17. The summed E-state index contributed by atoms with van der Waals surface area (Å²) in [5.41, 5.74) is 0.638. The van der Waals surface area contributed by atoms with E-state index in [0.29, 0.717) is 12.4 Å². The first-order valence-corrected chi connectivity index (χ1v) is 6.19. The highest BCUT2D eigenvalue weighted by Crippen LogP contribution is 2.11. The Morgan fingerprint density at radius 3 is 2.74 bits per heavy atom. The SMILES string of the molecule is CC(C)(C)n1ccnc(NCc2cccnc2)c1=O. The maximum absolute atomic E-state index is 12.3. The number of hydrogen-bond donors (Lipinski definition) is 1. The molecule has 0 aromatic carbocycles. The molecular formula is C14H18N4O. The number of pyridine rings is 1. The van der Waals surface area contributed by atoms with Crippen LogP contribution in [0.3, 0.4) is 0 Å². The van der Waals surface area contributed by atoms with Crippen LogP contribution in [0.15, 0.2) is 41.7 Å². The smallest absolute Gasteiger partial charge is 0.293 e. The third kappa shape index (κ3) is 3.19. The number of aromatic nitrogens is 3. The van der Waals surface area contributed by atoms with E-state index in [9.17, 15) is 4.79 Å². The highest BCUT2D eigenvalue weighted by molar-refractivity contribution is 5.32. The zero-order valence-electron chi connectivity index (χ0n) is 11.4. The lowest BCUT2D eigenvalue weighted by molar-refractivity contribution is 0.383. The van der Waals surface area contributed by atoms with Crippen LogP contribution in [0.1, 0.15) is 26.3 Å². The van der Waals surface area contributed by atoms with Crippen LogP contribution >= 0.6 is 0 Å². The Kier molecular flexibility index (Phi) is 3.64. The molecular weight excluding hydrogens is 240 g/mol. The van der Waals surface area contributed by atoms with E-state index in [-0.39, 0.29) is 11.1 Å². The standard InChI is InChI=1S/C14H18N4O/c1-14(2,3)18-8-7-16-12(13(18)19)17-10-11-5-4-6-15-9-11/h4-9H,10H2,1-3H3,(H,16,17). The average molecular weight is 258 g/mol. The summed E-state index contributed by atoms with van der Waals surface area (Å²) in [6, 6.07) is 3.81. The number of nitrogens with one attached hydrogen (secondary N) is 1. The summed E-state index contributed by atoms with van der Waals surface area (Å²) in [5, 5.41) is 3.06. The summed E-state index contributed by atoms with van der Waals surface area (Å²) in [6.07, 6.45) is 6.82. The molecule has 2 rings (SSSR count). The van der Waals surface area contributed by atoms with Crippen LogP contribution in [0.4, 0.5) is 5.82 Å². The first-order chi connectivity index (χ1) is 8.98. The zero-order chi connectivity index (χ0) is 13.9. The van der Waals surface area contributed by atoms with Crippen molar-refractivity contribution in [3.63, 3.8) is 0 Å². The lowest BCUT2D eigenvalue weighted by atomic mass is 10.1. The summed E-state index contributed by atoms with van der Waals surface area (Å²) in [7, 11) is 0. The Morgan fingerprint density at radius 1 is 1.32 bits per heavy atom. The third-order valence-corrected chi connectivity index (χ3v) is 2.75. The molecule has 19 heavy (non-hydrogen) atoms. The van der Waals surface area contributed by atoms with Gasteiger partial charge in [0.15, 0.2) is 5.82 Å². The topological polar surface area (TPSA) is 59.8 Å². The van der Waals surface area contributed by atoms with Crippen molar-refractivity contribution in [1.29, 1.82) is 0 Å². The quantitative estimate of drug-likeness (QED) is 0.914. The van der Waals surface area contributed by atoms with Crippen molar-refractivity contribution in [2.45, 2.75) is 32.9 Å². The first-order valence-electron chi connectivity index (χ1n) is 6.19. The van der Waals surface area contributed by atoms with Gasteiger partial charge in [-0.1, -0.05) is 6.07 Å². The average Bonchev–Trinajstić information content (AvgIpc) is 2.37. The second kappa shape index (κ2) is 5.22. The van der Waals surface area contributed by atoms with Crippen LogP contribution < -0.4 is 10.9 Å². The van der Waals surface area contributed by atoms with Gasteiger partial charge in [-0.15, -0.1) is 0 Å². The predicted octanol–water partition coefficient (Wildman–Crippen LogP) is 2.01. The van der Waals surface area contributed by atoms with Gasteiger partial charge in [0.05, 0.1) is 0 Å². The summed E-state index contributed by atoms with van der Waals surface area (Å²) >= 11 is 0. The zero-order valence-corrected chi connectivity index (χ0v) is 11.4. The summed E-state index contributed by atoms with van der Waals surface area (Å²) < 4.78 is 1.67. The van der Waals surface area contributed by atoms with Crippen molar-refractivity contribution in [3.8, 4) is 0 Å². The fourth-order valence-electron chi connectivity index (χ4n) is 1.75. The second-order valence-corrected chi connectivity index (χ2v) is 5.34. The number of rotatable bonds is 3. The van der Waals surface area contributed by atoms with Gasteiger partial charge in [-0.3, -0.25) is 9.78 Å². The summed E-state index contributed by atoms with van der Waals surface area (Å²) in [6.45, 7) is 6.49. The molecule has 0 unspecified atom stereocenters. The van der Waals surface area contributed by atoms with E-state index in [1.54, 1.807) is 29.4 Å². The van der Waals surface area contributed by atoms with E-state index in [1.807, 2.05) is 32.9 Å². The third-order valence-electron chi connectivity index (χ3n) is 2.75. The maximum atomic E-state index is 12.3. The van der Waals surface area contributed by atoms with E-state index in [2.05, 4.69) is 15.3 Å². The van der Waals surface area contributed by atoms with Gasteiger partial charge in [-0.2, -0.15) is 0 Å². The molecule has 0 fully saturated rings. The molecule has 2 heterocycles. The van der Waals surface area contributed by atoms with E-state index in [4.69, 9.17) is 0 Å². The number of nitrogens with zero attached hydrogens (tertiary/aromatic N) is 3. The molecule has 0 radical (unpaired) electrons. The molecule has 2 aromatic heterocycles. The van der Waals surface area contributed by atoms with Gasteiger partial charge in [-0.25, -0.2) is 4.98 Å². The van der Waals surface area contributed by atoms with Crippen LogP contribution in [0, 0.1) is 0 Å². The van der Waals surface area contributed by atoms with Crippen molar-refractivity contribution < 1.29 is 0 Å². The summed E-state index contributed by atoms with van der Waals surface area (Å²) in [4.78, 5) is 20.4. The van der Waals surface area contributed by atoms with Crippen LogP contribution in [-0.2, 0) is 12.1 Å². The number of anilines is 1. The van der Waals surface area contributed by atoms with Gasteiger partial charge < -0.3 is 9.88 Å². The van der Waals surface area contributed by atoms with Crippen LogP contribution in [0.5, 0.6) is 0 Å². The van der Waals surface area contributed by atoms with Gasteiger partial charge in [0, 0.05) is 36.9 Å². The van der Waals surface area contributed by atoms with Crippen molar-refractivity contribution >= 4 is 5.82 Å². The highest BCUT2D eigenvalue weighted by Gasteiger charge is 2.16. The Balaban J connectivity index is 2.20. The fourth-order valence-corrected chi connectivity index (χ4v) is 1.75. The summed E-state index contributed by atoms with van der Waals surface area (Å²) in [5.74, 6) is 0.362. The van der Waals surface area contributed by atoms with Crippen LogP contribution in [0.2, 0.25) is 0 Å². The lowest BCUT2D eigenvalue weighted by Crippen LogP contribution is -2.35. The molecule has 5 nitrogen and oxygen atoms in total. The normalized spacial score (nSPS) is 11.3. The largest absolute Gasteiger partial charge is 0.361 e.